The summed E-state index contributed by atoms with van der Waals surface area (Å²) in [4.78, 5) is 23.0. The summed E-state index contributed by atoms with van der Waals surface area (Å²) in [7, 11) is 1.77. The van der Waals surface area contributed by atoms with Crippen LogP contribution in [-0.2, 0) is 0 Å². The number of pyridine rings is 1. The number of nitrogens with zero attached hydrogens (tertiary/aromatic N) is 5. The molecule has 25 heavy (non-hydrogen) atoms. The molecule has 0 bridgehead atoms. The molecule has 4 rings (SSSR count). The van der Waals surface area contributed by atoms with E-state index in [9.17, 15) is 9.90 Å². The number of aromatic nitrogens is 4. The Labute approximate surface area is 145 Å². The Morgan fingerprint density at radius 3 is 2.84 bits per heavy atom. The molecule has 0 spiro atoms. The lowest BCUT2D eigenvalue weighted by Crippen LogP contribution is -2.36. The van der Waals surface area contributed by atoms with Gasteiger partial charge in [-0.15, -0.1) is 0 Å². The Hall–Kier alpha value is -2.48. The zero-order valence-electron chi connectivity index (χ0n) is 14.1. The van der Waals surface area contributed by atoms with Gasteiger partial charge in [-0.1, -0.05) is 0 Å². The third-order valence-electron chi connectivity index (χ3n) is 5.45. The van der Waals surface area contributed by atoms with E-state index < -0.39 is 6.10 Å². The van der Waals surface area contributed by atoms with Gasteiger partial charge < -0.3 is 15.3 Å². The van der Waals surface area contributed by atoms with Crippen molar-refractivity contribution >= 4 is 11.7 Å². The summed E-state index contributed by atoms with van der Waals surface area (Å²) in [5, 5.41) is 17.7. The second-order valence-electron chi connectivity index (χ2n) is 6.86. The molecule has 1 aliphatic carbocycles. The number of hydrogen-bond acceptors (Lipinski definition) is 6. The van der Waals surface area contributed by atoms with Crippen LogP contribution in [0, 0.1) is 11.8 Å². The number of aliphatic hydroxyl groups is 1. The number of rotatable bonds is 3. The van der Waals surface area contributed by atoms with E-state index in [0.29, 0.717) is 42.7 Å². The van der Waals surface area contributed by atoms with E-state index in [1.807, 2.05) is 4.90 Å². The monoisotopic (exact) mass is 342 g/mol. The highest BCUT2D eigenvalue weighted by atomic mass is 16.3. The Morgan fingerprint density at radius 2 is 2.12 bits per heavy atom. The van der Waals surface area contributed by atoms with Crippen molar-refractivity contribution in [2.75, 3.05) is 25.5 Å². The van der Waals surface area contributed by atoms with Crippen molar-refractivity contribution in [1.82, 2.24) is 24.6 Å². The van der Waals surface area contributed by atoms with E-state index in [1.165, 1.54) is 6.33 Å². The molecular weight excluding hydrogens is 320 g/mol. The van der Waals surface area contributed by atoms with Crippen LogP contribution in [0.2, 0.25) is 0 Å². The standard InChI is InChI=1S/C17H22N6O2/c1-18-16-13(3-2-4-20-16)17(25)22-7-11-5-14(23-10-19-9-21-23)15(24)6-12(11)8-22/h2-4,9-12,14-15,24H,5-8H2,1H3,(H,18,20)/t11-,12+,14-,15-/m1/s1. The summed E-state index contributed by atoms with van der Waals surface area (Å²) in [6, 6.07) is 3.52. The molecule has 0 unspecified atom stereocenters. The number of amides is 1. The first-order chi connectivity index (χ1) is 12.2. The van der Waals surface area contributed by atoms with Crippen LogP contribution in [0.15, 0.2) is 31.0 Å². The quantitative estimate of drug-likeness (QED) is 0.856. The van der Waals surface area contributed by atoms with Gasteiger partial charge in [0.05, 0.1) is 17.7 Å². The second-order valence-corrected chi connectivity index (χ2v) is 6.86. The predicted molar refractivity (Wildman–Crippen MR) is 91.0 cm³/mol. The molecule has 4 atom stereocenters. The molecule has 1 saturated carbocycles. The second kappa shape index (κ2) is 6.44. The van der Waals surface area contributed by atoms with Crippen LogP contribution in [0.25, 0.3) is 0 Å². The summed E-state index contributed by atoms with van der Waals surface area (Å²) >= 11 is 0. The number of likely N-dealkylation sites (tertiary alicyclic amines) is 1. The van der Waals surface area contributed by atoms with E-state index in [-0.39, 0.29) is 11.9 Å². The molecule has 8 heteroatoms. The maximum Gasteiger partial charge on any atom is 0.257 e. The fourth-order valence-electron chi connectivity index (χ4n) is 4.19. The maximum absolute atomic E-state index is 12.9. The van der Waals surface area contributed by atoms with E-state index in [1.54, 1.807) is 36.4 Å². The zero-order valence-corrected chi connectivity index (χ0v) is 14.1. The minimum absolute atomic E-state index is 0.00125. The van der Waals surface area contributed by atoms with Crippen molar-refractivity contribution in [3.8, 4) is 0 Å². The minimum Gasteiger partial charge on any atom is -0.391 e. The third-order valence-corrected chi connectivity index (χ3v) is 5.45. The highest BCUT2D eigenvalue weighted by Crippen LogP contribution is 2.41. The fraction of sp³-hybridized carbons (Fsp3) is 0.529. The first-order valence-electron chi connectivity index (χ1n) is 8.61. The van der Waals surface area contributed by atoms with Crippen LogP contribution in [-0.4, -0.2) is 61.9 Å². The fourth-order valence-corrected chi connectivity index (χ4v) is 4.19. The average molecular weight is 342 g/mol. The Morgan fingerprint density at radius 1 is 1.32 bits per heavy atom. The molecule has 0 radical (unpaired) electrons. The van der Waals surface area contributed by atoms with E-state index in [0.717, 1.165) is 6.42 Å². The van der Waals surface area contributed by atoms with Crippen LogP contribution in [0.5, 0.6) is 0 Å². The van der Waals surface area contributed by atoms with Gasteiger partial charge in [0.2, 0.25) is 0 Å². The van der Waals surface area contributed by atoms with Gasteiger partial charge in [-0.3, -0.25) is 4.79 Å². The van der Waals surface area contributed by atoms with Gasteiger partial charge in [-0.25, -0.2) is 14.6 Å². The van der Waals surface area contributed by atoms with Gasteiger partial charge in [-0.05, 0) is 36.8 Å². The molecule has 3 heterocycles. The lowest BCUT2D eigenvalue weighted by atomic mass is 9.77. The summed E-state index contributed by atoms with van der Waals surface area (Å²) in [5.74, 6) is 1.30. The van der Waals surface area contributed by atoms with Crippen molar-refractivity contribution in [2.45, 2.75) is 25.0 Å². The molecule has 1 amide bonds. The molecule has 1 aliphatic heterocycles. The summed E-state index contributed by atoms with van der Waals surface area (Å²) in [6.07, 6.45) is 5.86. The highest BCUT2D eigenvalue weighted by Gasteiger charge is 2.44. The Kier molecular flexibility index (Phi) is 4.12. The minimum atomic E-state index is -0.454. The molecule has 2 aliphatic rings. The number of fused-ring (bicyclic) bond motifs is 1. The first kappa shape index (κ1) is 16.0. The van der Waals surface area contributed by atoms with Gasteiger partial charge in [0.15, 0.2) is 0 Å². The van der Waals surface area contributed by atoms with Crippen molar-refractivity contribution in [3.05, 3.63) is 36.5 Å². The van der Waals surface area contributed by atoms with Crippen molar-refractivity contribution in [3.63, 3.8) is 0 Å². The molecule has 2 aromatic rings. The molecule has 1 saturated heterocycles. The number of aliphatic hydroxyl groups excluding tert-OH is 1. The van der Waals surface area contributed by atoms with Gasteiger partial charge >= 0.3 is 0 Å². The number of nitrogens with one attached hydrogen (secondary N) is 1. The molecule has 132 valence electrons. The van der Waals surface area contributed by atoms with Gasteiger partial charge in [0, 0.05) is 26.3 Å². The first-order valence-corrected chi connectivity index (χ1v) is 8.61. The van der Waals surface area contributed by atoms with Crippen LogP contribution in [0.1, 0.15) is 29.2 Å². The largest absolute Gasteiger partial charge is 0.391 e. The van der Waals surface area contributed by atoms with Crippen LogP contribution in [0.4, 0.5) is 5.82 Å². The van der Waals surface area contributed by atoms with Crippen molar-refractivity contribution in [1.29, 1.82) is 0 Å². The smallest absolute Gasteiger partial charge is 0.257 e. The average Bonchev–Trinajstić information content (AvgIpc) is 3.29. The third kappa shape index (κ3) is 2.86. The lowest BCUT2D eigenvalue weighted by molar-refractivity contribution is 0.0304. The SMILES string of the molecule is CNc1ncccc1C(=O)N1C[C@H]2C[C@@H](n3cncn3)[C@H](O)C[C@H]2C1. The molecule has 2 fully saturated rings. The van der Waals surface area contributed by atoms with E-state index in [2.05, 4.69) is 20.4 Å². The zero-order chi connectivity index (χ0) is 17.4. The summed E-state index contributed by atoms with van der Waals surface area (Å²) in [6.45, 7) is 1.39. The molecule has 2 N–H and O–H groups in total. The van der Waals surface area contributed by atoms with Gasteiger partial charge in [-0.2, -0.15) is 5.10 Å². The van der Waals surface area contributed by atoms with Gasteiger partial charge in [0.25, 0.3) is 5.91 Å². The maximum atomic E-state index is 12.9. The van der Waals surface area contributed by atoms with E-state index >= 15 is 0 Å². The predicted octanol–water partition coefficient (Wildman–Crippen LogP) is 0.799. The number of carbonyl (C=O) groups excluding carboxylic acids is 1. The van der Waals surface area contributed by atoms with Crippen molar-refractivity contribution in [2.24, 2.45) is 11.8 Å². The molecule has 2 aromatic heterocycles. The summed E-state index contributed by atoms with van der Waals surface area (Å²) < 4.78 is 1.74. The number of carbonyl (C=O) groups is 1. The summed E-state index contributed by atoms with van der Waals surface area (Å²) in [5.41, 5.74) is 0.594. The normalized spacial score (nSPS) is 28.6. The van der Waals surface area contributed by atoms with Gasteiger partial charge in [0.1, 0.15) is 18.5 Å². The highest BCUT2D eigenvalue weighted by molar-refractivity contribution is 5.98. The topological polar surface area (TPSA) is 96.2 Å². The van der Waals surface area contributed by atoms with Crippen LogP contribution >= 0.6 is 0 Å². The number of hydrogen-bond donors (Lipinski definition) is 2. The molecule has 8 nitrogen and oxygen atoms in total. The van der Waals surface area contributed by atoms with E-state index in [4.69, 9.17) is 0 Å². The van der Waals surface area contributed by atoms with Crippen molar-refractivity contribution < 1.29 is 9.90 Å². The van der Waals surface area contributed by atoms with Crippen LogP contribution < -0.4 is 5.32 Å². The van der Waals surface area contributed by atoms with Crippen LogP contribution in [0.3, 0.4) is 0 Å². The molecule has 0 aromatic carbocycles. The Bertz CT molecular complexity index is 749. The lowest BCUT2D eigenvalue weighted by Gasteiger charge is -2.34. The Balaban J connectivity index is 1.50. The number of anilines is 1. The molecular formula is C17H22N6O2.